The van der Waals surface area contributed by atoms with E-state index in [-0.39, 0.29) is 30.1 Å². The second-order valence-corrected chi connectivity index (χ2v) is 8.97. The largest absolute Gasteiger partial charge is 0.469 e. The zero-order valence-corrected chi connectivity index (χ0v) is 22.6. The minimum Gasteiger partial charge on any atom is -0.469 e. The topological polar surface area (TPSA) is 82.3 Å². The number of nitrogens with one attached hydrogen (secondary N) is 2. The number of hydrogen-bond acceptors (Lipinski definition) is 5. The van der Waals surface area contributed by atoms with Gasteiger partial charge in [0.2, 0.25) is 0 Å². The summed E-state index contributed by atoms with van der Waals surface area (Å²) < 4.78 is 10.6. The number of likely N-dealkylation sites (tertiary alicyclic amines) is 2. The summed E-state index contributed by atoms with van der Waals surface area (Å²) in [6, 6.07) is 4.22. The SMILES string of the molecule is CCOC(=O)N1CCC(NC(=NCCCN2CCC(C)CC2)NCCc2ccco2)CC1.I. The van der Waals surface area contributed by atoms with E-state index in [9.17, 15) is 4.79 Å². The number of piperidine rings is 2. The summed E-state index contributed by atoms with van der Waals surface area (Å²) in [5.74, 6) is 2.70. The number of halogens is 1. The van der Waals surface area contributed by atoms with Crippen LogP contribution in [0.4, 0.5) is 4.79 Å². The van der Waals surface area contributed by atoms with Crippen LogP contribution in [0.2, 0.25) is 0 Å². The number of nitrogens with zero attached hydrogens (tertiary/aromatic N) is 3. The number of aliphatic imine (C=N–C) groups is 1. The van der Waals surface area contributed by atoms with Crippen molar-refractivity contribution in [1.29, 1.82) is 0 Å². The Morgan fingerprint density at radius 2 is 1.97 bits per heavy atom. The van der Waals surface area contributed by atoms with Crippen molar-refractivity contribution in [3.05, 3.63) is 24.2 Å². The van der Waals surface area contributed by atoms with Gasteiger partial charge in [-0.2, -0.15) is 0 Å². The lowest BCUT2D eigenvalue weighted by molar-refractivity contribution is 0.0963. The van der Waals surface area contributed by atoms with E-state index in [4.69, 9.17) is 14.1 Å². The summed E-state index contributed by atoms with van der Waals surface area (Å²) in [7, 11) is 0. The third-order valence-electron chi connectivity index (χ3n) is 6.38. The number of ether oxygens (including phenoxy) is 1. The molecular formula is C24H42IN5O3. The average Bonchev–Trinajstić information content (AvgIpc) is 3.32. The first-order valence-corrected chi connectivity index (χ1v) is 12.3. The molecule has 0 radical (unpaired) electrons. The summed E-state index contributed by atoms with van der Waals surface area (Å²) in [6.07, 6.45) is 7.81. The molecule has 8 nitrogen and oxygen atoms in total. The highest BCUT2D eigenvalue weighted by molar-refractivity contribution is 14.0. The molecule has 1 aromatic rings. The number of hydrogen-bond donors (Lipinski definition) is 2. The predicted molar refractivity (Wildman–Crippen MR) is 142 cm³/mol. The molecule has 0 atom stereocenters. The molecule has 2 N–H and O–H groups in total. The number of carbonyl (C=O) groups is 1. The zero-order chi connectivity index (χ0) is 22.6. The van der Waals surface area contributed by atoms with Gasteiger partial charge in [0.05, 0.1) is 12.9 Å². The standard InChI is InChI=1S/C24H41N5O3.HI/c1-3-31-24(30)29-17-10-21(11-18-29)27-23(26-13-7-22-6-4-19-32-22)25-12-5-14-28-15-8-20(2)9-16-28;/h4,6,19-21H,3,5,7-18H2,1-2H3,(H2,25,26,27);1H. The van der Waals surface area contributed by atoms with Crippen molar-refractivity contribution < 1.29 is 13.9 Å². The highest BCUT2D eigenvalue weighted by atomic mass is 127. The first-order chi connectivity index (χ1) is 15.6. The van der Waals surface area contributed by atoms with E-state index in [0.29, 0.717) is 25.7 Å². The Morgan fingerprint density at radius 3 is 2.64 bits per heavy atom. The Kier molecular flexibility index (Phi) is 13.0. The van der Waals surface area contributed by atoms with Crippen LogP contribution in [0.25, 0.3) is 0 Å². The molecule has 0 bridgehead atoms. The summed E-state index contributed by atoms with van der Waals surface area (Å²) in [6.45, 7) is 11.2. The van der Waals surface area contributed by atoms with E-state index in [0.717, 1.165) is 63.0 Å². The van der Waals surface area contributed by atoms with Gasteiger partial charge in [-0.15, -0.1) is 24.0 Å². The Morgan fingerprint density at radius 1 is 1.21 bits per heavy atom. The zero-order valence-electron chi connectivity index (χ0n) is 20.3. The Labute approximate surface area is 215 Å². The molecule has 1 amide bonds. The van der Waals surface area contributed by atoms with Gasteiger partial charge in [-0.1, -0.05) is 6.92 Å². The molecule has 3 heterocycles. The van der Waals surface area contributed by atoms with Crippen LogP contribution < -0.4 is 10.6 Å². The van der Waals surface area contributed by atoms with Crippen LogP contribution in [-0.2, 0) is 11.2 Å². The average molecular weight is 576 g/mol. The van der Waals surface area contributed by atoms with E-state index in [1.807, 2.05) is 19.1 Å². The van der Waals surface area contributed by atoms with Gasteiger partial charge in [-0.25, -0.2) is 4.79 Å². The highest BCUT2D eigenvalue weighted by Gasteiger charge is 2.24. The molecule has 0 saturated carbocycles. The molecule has 0 unspecified atom stereocenters. The fourth-order valence-corrected chi connectivity index (χ4v) is 4.30. The maximum absolute atomic E-state index is 11.9. The minimum absolute atomic E-state index is 0. The molecule has 188 valence electrons. The predicted octanol–water partition coefficient (Wildman–Crippen LogP) is 3.72. The molecule has 2 saturated heterocycles. The van der Waals surface area contributed by atoms with Crippen LogP contribution >= 0.6 is 24.0 Å². The van der Waals surface area contributed by atoms with Crippen LogP contribution in [0.1, 0.15) is 51.7 Å². The van der Waals surface area contributed by atoms with Crippen molar-refractivity contribution in [2.45, 2.75) is 58.4 Å². The first kappa shape index (κ1) is 27.8. The Hall–Kier alpha value is -1.49. The van der Waals surface area contributed by atoms with Crippen LogP contribution in [0, 0.1) is 5.92 Å². The van der Waals surface area contributed by atoms with Gasteiger partial charge < -0.3 is 29.6 Å². The molecule has 3 rings (SSSR count). The van der Waals surface area contributed by atoms with Crippen LogP contribution in [-0.4, -0.2) is 80.3 Å². The van der Waals surface area contributed by atoms with Crippen molar-refractivity contribution in [2.75, 3.05) is 52.4 Å². The lowest BCUT2D eigenvalue weighted by Crippen LogP contribution is -2.50. The quantitative estimate of drug-likeness (QED) is 0.202. The number of rotatable bonds is 9. The summed E-state index contributed by atoms with van der Waals surface area (Å²) in [5.41, 5.74) is 0. The molecular weight excluding hydrogens is 533 g/mol. The van der Waals surface area contributed by atoms with Gasteiger partial charge in [-0.05, 0) is 76.7 Å². The van der Waals surface area contributed by atoms with Gasteiger partial charge in [0.15, 0.2) is 5.96 Å². The Balaban J connectivity index is 0.00000385. The van der Waals surface area contributed by atoms with Crippen LogP contribution in [0.15, 0.2) is 27.8 Å². The van der Waals surface area contributed by atoms with Gasteiger partial charge in [0.1, 0.15) is 5.76 Å². The van der Waals surface area contributed by atoms with Crippen LogP contribution in [0.5, 0.6) is 0 Å². The highest BCUT2D eigenvalue weighted by Crippen LogP contribution is 2.16. The molecule has 0 aliphatic carbocycles. The summed E-state index contributed by atoms with van der Waals surface area (Å²) in [4.78, 5) is 21.2. The van der Waals surface area contributed by atoms with Crippen molar-refractivity contribution in [3.8, 4) is 0 Å². The molecule has 2 fully saturated rings. The fourth-order valence-electron chi connectivity index (χ4n) is 4.30. The van der Waals surface area contributed by atoms with Gasteiger partial charge in [0.25, 0.3) is 0 Å². The van der Waals surface area contributed by atoms with Crippen LogP contribution in [0.3, 0.4) is 0 Å². The van der Waals surface area contributed by atoms with E-state index in [1.54, 1.807) is 11.2 Å². The van der Waals surface area contributed by atoms with Gasteiger partial charge in [-0.3, -0.25) is 4.99 Å². The number of carbonyl (C=O) groups excluding carboxylic acids is 1. The monoisotopic (exact) mass is 575 g/mol. The van der Waals surface area contributed by atoms with Gasteiger partial charge in [0, 0.05) is 38.6 Å². The lowest BCUT2D eigenvalue weighted by Gasteiger charge is -2.32. The van der Waals surface area contributed by atoms with Gasteiger partial charge >= 0.3 is 6.09 Å². The number of amides is 1. The molecule has 2 aliphatic heterocycles. The third-order valence-corrected chi connectivity index (χ3v) is 6.38. The molecule has 2 aliphatic rings. The van der Waals surface area contributed by atoms with Crippen molar-refractivity contribution in [1.82, 2.24) is 20.4 Å². The van der Waals surface area contributed by atoms with E-state index in [1.165, 1.54) is 25.9 Å². The maximum atomic E-state index is 11.9. The number of furan rings is 1. The van der Waals surface area contributed by atoms with E-state index >= 15 is 0 Å². The molecule has 1 aromatic heterocycles. The second-order valence-electron chi connectivity index (χ2n) is 8.97. The van der Waals surface area contributed by atoms with Crippen molar-refractivity contribution in [3.63, 3.8) is 0 Å². The lowest BCUT2D eigenvalue weighted by atomic mass is 9.99. The second kappa shape index (κ2) is 15.4. The molecule has 0 aromatic carbocycles. The van der Waals surface area contributed by atoms with Crippen molar-refractivity contribution >= 4 is 36.0 Å². The first-order valence-electron chi connectivity index (χ1n) is 12.3. The Bertz CT molecular complexity index is 684. The molecule has 9 heteroatoms. The number of guanidine groups is 1. The summed E-state index contributed by atoms with van der Waals surface area (Å²) >= 11 is 0. The summed E-state index contributed by atoms with van der Waals surface area (Å²) in [5, 5.41) is 7.05. The molecule has 33 heavy (non-hydrogen) atoms. The maximum Gasteiger partial charge on any atom is 0.409 e. The van der Waals surface area contributed by atoms with E-state index < -0.39 is 0 Å². The normalized spacial score (nSPS) is 18.6. The molecule has 0 spiro atoms. The minimum atomic E-state index is -0.205. The fraction of sp³-hybridized carbons (Fsp3) is 0.750. The third kappa shape index (κ3) is 10.1. The smallest absolute Gasteiger partial charge is 0.409 e. The van der Waals surface area contributed by atoms with Crippen molar-refractivity contribution in [2.24, 2.45) is 10.9 Å². The van der Waals surface area contributed by atoms with E-state index in [2.05, 4.69) is 22.5 Å².